The molecule has 1 aliphatic heterocycles. The summed E-state index contributed by atoms with van der Waals surface area (Å²) in [5, 5.41) is 8.64. The van der Waals surface area contributed by atoms with Gasteiger partial charge in [-0.3, -0.25) is 14.8 Å². The zero-order chi connectivity index (χ0) is 14.1. The first-order valence-corrected chi connectivity index (χ1v) is 6.89. The Morgan fingerprint density at radius 1 is 1.45 bits per heavy atom. The number of carbonyl (C=O) groups is 2. The summed E-state index contributed by atoms with van der Waals surface area (Å²) in [6, 6.07) is 5.08. The molecule has 0 unspecified atom stereocenters. The van der Waals surface area contributed by atoms with Crippen LogP contribution in [0.1, 0.15) is 30.7 Å². The highest BCUT2D eigenvalue weighted by Crippen LogP contribution is 2.29. The molecule has 2 amide bonds. The average molecular weight is 292 g/mol. The summed E-state index contributed by atoms with van der Waals surface area (Å²) in [6.07, 6.45) is 2.16. The molecular weight excluding hydrogens is 280 g/mol. The van der Waals surface area contributed by atoms with Crippen molar-refractivity contribution < 1.29 is 19.2 Å². The topological polar surface area (TPSA) is 82.8 Å². The number of rotatable bonds is 2. The molecule has 20 heavy (non-hydrogen) atoms. The van der Waals surface area contributed by atoms with Crippen molar-refractivity contribution >= 4 is 23.2 Å². The fraction of sp³-hybridized carbons (Fsp3) is 0.231. The maximum Gasteiger partial charge on any atom is 0.289 e. The molecule has 2 aromatic rings. The van der Waals surface area contributed by atoms with Gasteiger partial charge in [-0.05, 0) is 30.2 Å². The molecule has 3 heterocycles. The molecule has 2 N–H and O–H groups in total. The number of amides is 2. The minimum absolute atomic E-state index is 0.151. The molecule has 0 bridgehead atoms. The van der Waals surface area contributed by atoms with E-state index in [1.807, 2.05) is 0 Å². The minimum atomic E-state index is -0.520. The Labute approximate surface area is 118 Å². The molecule has 0 fully saturated rings. The number of thiophene rings is 1. The third kappa shape index (κ3) is 2.21. The predicted molar refractivity (Wildman–Crippen MR) is 70.7 cm³/mol. The number of carbonyl (C=O) groups excluding carboxylic acids is 2. The second-order valence-electron chi connectivity index (χ2n) is 4.45. The molecule has 104 valence electrons. The molecule has 0 saturated heterocycles. The molecule has 0 aromatic carbocycles. The molecule has 7 heteroatoms. The monoisotopic (exact) mass is 292 g/mol. The first kappa shape index (κ1) is 12.9. The van der Waals surface area contributed by atoms with Crippen LogP contribution in [0.2, 0.25) is 0 Å². The van der Waals surface area contributed by atoms with Gasteiger partial charge in [-0.2, -0.15) is 0 Å². The van der Waals surface area contributed by atoms with Crippen molar-refractivity contribution in [3.8, 4) is 0 Å². The molecule has 1 aliphatic rings. The van der Waals surface area contributed by atoms with Gasteiger partial charge in [-0.1, -0.05) is 0 Å². The lowest BCUT2D eigenvalue weighted by Gasteiger charge is -2.25. The van der Waals surface area contributed by atoms with Gasteiger partial charge in [0.05, 0.1) is 17.7 Å². The van der Waals surface area contributed by atoms with Gasteiger partial charge in [0.25, 0.3) is 11.8 Å². The third-order valence-electron chi connectivity index (χ3n) is 3.23. The van der Waals surface area contributed by atoms with E-state index in [4.69, 9.17) is 9.62 Å². The summed E-state index contributed by atoms with van der Waals surface area (Å²) in [7, 11) is 0. The van der Waals surface area contributed by atoms with E-state index in [9.17, 15) is 9.59 Å². The Morgan fingerprint density at radius 2 is 2.30 bits per heavy atom. The molecule has 0 aliphatic carbocycles. The number of nitrogens with zero attached hydrogens (tertiary/aromatic N) is 1. The van der Waals surface area contributed by atoms with Crippen LogP contribution >= 0.6 is 11.3 Å². The van der Waals surface area contributed by atoms with Crippen molar-refractivity contribution in [3.05, 3.63) is 45.5 Å². The lowest BCUT2D eigenvalue weighted by Crippen LogP contribution is -2.35. The van der Waals surface area contributed by atoms with Crippen LogP contribution in [-0.2, 0) is 13.0 Å². The van der Waals surface area contributed by atoms with Crippen LogP contribution in [0.3, 0.4) is 0 Å². The maximum absolute atomic E-state index is 12.2. The summed E-state index contributed by atoms with van der Waals surface area (Å²) in [4.78, 5) is 26.7. The zero-order valence-electron chi connectivity index (χ0n) is 10.5. The van der Waals surface area contributed by atoms with Crippen molar-refractivity contribution in [2.75, 3.05) is 6.54 Å². The SMILES string of the molecule is O=C(NO)c1cc2c(s1)CN(C(=O)c1ccco1)CC2. The Kier molecular flexibility index (Phi) is 3.29. The predicted octanol–water partition coefficient (Wildman–Crippen LogP) is 1.66. The molecular formula is C13H12N2O4S. The van der Waals surface area contributed by atoms with E-state index >= 15 is 0 Å². The Morgan fingerprint density at radius 3 is 3.00 bits per heavy atom. The van der Waals surface area contributed by atoms with Gasteiger partial charge >= 0.3 is 0 Å². The maximum atomic E-state index is 12.2. The lowest BCUT2D eigenvalue weighted by molar-refractivity contribution is 0.0701. The van der Waals surface area contributed by atoms with Crippen LogP contribution in [0, 0.1) is 0 Å². The van der Waals surface area contributed by atoms with Gasteiger partial charge in [0.1, 0.15) is 0 Å². The van der Waals surface area contributed by atoms with Crippen molar-refractivity contribution in [1.82, 2.24) is 10.4 Å². The average Bonchev–Trinajstić information content (AvgIpc) is 3.13. The Bertz CT molecular complexity index is 647. The van der Waals surface area contributed by atoms with Crippen LogP contribution in [0.15, 0.2) is 28.9 Å². The van der Waals surface area contributed by atoms with Gasteiger partial charge in [0.15, 0.2) is 5.76 Å². The number of furan rings is 1. The molecule has 0 atom stereocenters. The summed E-state index contributed by atoms with van der Waals surface area (Å²) in [5.74, 6) is -0.353. The molecule has 3 rings (SSSR count). The van der Waals surface area contributed by atoms with Crippen LogP contribution in [-0.4, -0.2) is 28.5 Å². The van der Waals surface area contributed by atoms with E-state index in [-0.39, 0.29) is 5.91 Å². The van der Waals surface area contributed by atoms with Gasteiger partial charge in [0.2, 0.25) is 0 Å². The van der Waals surface area contributed by atoms with Crippen molar-refractivity contribution in [1.29, 1.82) is 0 Å². The highest BCUT2D eigenvalue weighted by atomic mass is 32.1. The van der Waals surface area contributed by atoms with Crippen LogP contribution in [0.25, 0.3) is 0 Å². The largest absolute Gasteiger partial charge is 0.459 e. The Balaban J connectivity index is 1.80. The van der Waals surface area contributed by atoms with E-state index in [2.05, 4.69) is 0 Å². The summed E-state index contributed by atoms with van der Waals surface area (Å²) >= 11 is 1.29. The van der Waals surface area contributed by atoms with E-state index in [0.29, 0.717) is 30.1 Å². The normalized spacial score (nSPS) is 13.9. The summed E-state index contributed by atoms with van der Waals surface area (Å²) < 4.78 is 5.11. The van der Waals surface area contributed by atoms with E-state index in [0.717, 1.165) is 10.4 Å². The Hall–Kier alpha value is -2.12. The van der Waals surface area contributed by atoms with Crippen LogP contribution in [0.5, 0.6) is 0 Å². The standard InChI is InChI=1S/C13H12N2O4S/c16-12(14-18)10-6-8-3-4-15(7-11(8)20-10)13(17)9-2-1-5-19-9/h1-2,5-6,18H,3-4,7H2,(H,14,16). The number of nitrogens with one attached hydrogen (secondary N) is 1. The molecule has 0 saturated carbocycles. The smallest absolute Gasteiger partial charge is 0.289 e. The molecule has 0 spiro atoms. The minimum Gasteiger partial charge on any atom is -0.459 e. The van der Waals surface area contributed by atoms with E-state index < -0.39 is 5.91 Å². The van der Waals surface area contributed by atoms with E-state index in [1.165, 1.54) is 17.6 Å². The van der Waals surface area contributed by atoms with Crippen molar-refractivity contribution in [2.24, 2.45) is 0 Å². The second-order valence-corrected chi connectivity index (χ2v) is 5.59. The lowest BCUT2D eigenvalue weighted by atomic mass is 10.1. The van der Waals surface area contributed by atoms with E-state index in [1.54, 1.807) is 28.6 Å². The summed E-state index contributed by atoms with van der Waals surface area (Å²) in [5.41, 5.74) is 2.68. The fourth-order valence-electron chi connectivity index (χ4n) is 2.22. The zero-order valence-corrected chi connectivity index (χ0v) is 11.3. The molecule has 2 aromatic heterocycles. The number of hydrogen-bond acceptors (Lipinski definition) is 5. The van der Waals surface area contributed by atoms with Crippen molar-refractivity contribution in [2.45, 2.75) is 13.0 Å². The number of hydroxylamine groups is 1. The van der Waals surface area contributed by atoms with Gasteiger partial charge in [0, 0.05) is 11.4 Å². The number of fused-ring (bicyclic) bond motifs is 1. The first-order valence-electron chi connectivity index (χ1n) is 6.08. The fourth-order valence-corrected chi connectivity index (χ4v) is 3.33. The molecule has 0 radical (unpaired) electrons. The second kappa shape index (κ2) is 5.10. The quantitative estimate of drug-likeness (QED) is 0.651. The number of hydrogen-bond donors (Lipinski definition) is 2. The highest BCUT2D eigenvalue weighted by molar-refractivity contribution is 7.14. The highest BCUT2D eigenvalue weighted by Gasteiger charge is 2.26. The van der Waals surface area contributed by atoms with Gasteiger partial charge < -0.3 is 9.32 Å². The van der Waals surface area contributed by atoms with Crippen LogP contribution < -0.4 is 5.48 Å². The summed E-state index contributed by atoms with van der Waals surface area (Å²) in [6.45, 7) is 1.04. The van der Waals surface area contributed by atoms with Crippen molar-refractivity contribution in [3.63, 3.8) is 0 Å². The van der Waals surface area contributed by atoms with Crippen LogP contribution in [0.4, 0.5) is 0 Å². The molecule has 6 nitrogen and oxygen atoms in total. The third-order valence-corrected chi connectivity index (χ3v) is 4.39. The first-order chi connectivity index (χ1) is 9.69. The van der Waals surface area contributed by atoms with Gasteiger partial charge in [-0.25, -0.2) is 5.48 Å². The van der Waals surface area contributed by atoms with Gasteiger partial charge in [-0.15, -0.1) is 11.3 Å².